The lowest BCUT2D eigenvalue weighted by Gasteiger charge is -2.09. The van der Waals surface area contributed by atoms with Crippen molar-refractivity contribution >= 4 is 11.6 Å². The van der Waals surface area contributed by atoms with Gasteiger partial charge < -0.3 is 10.6 Å². The highest BCUT2D eigenvalue weighted by molar-refractivity contribution is 5.41. The van der Waals surface area contributed by atoms with Gasteiger partial charge in [0, 0.05) is 13.1 Å². The molecule has 0 aromatic carbocycles. The minimum atomic E-state index is 0.408. The fourth-order valence-electron chi connectivity index (χ4n) is 2.84. The fourth-order valence-corrected chi connectivity index (χ4v) is 2.84. The zero-order valence-corrected chi connectivity index (χ0v) is 12.7. The van der Waals surface area contributed by atoms with Gasteiger partial charge in [0.1, 0.15) is 11.6 Å². The van der Waals surface area contributed by atoms with Gasteiger partial charge in [-0.2, -0.15) is 0 Å². The zero-order chi connectivity index (χ0) is 14.1. The Kier molecular flexibility index (Phi) is 3.70. The Morgan fingerprint density at radius 1 is 1.05 bits per heavy atom. The quantitative estimate of drug-likeness (QED) is 0.825. The van der Waals surface area contributed by atoms with Crippen molar-refractivity contribution < 1.29 is 0 Å². The highest BCUT2D eigenvalue weighted by Crippen LogP contribution is 2.68. The number of aromatic nitrogens is 2. The van der Waals surface area contributed by atoms with Crippen LogP contribution in [0.15, 0.2) is 12.4 Å². The van der Waals surface area contributed by atoms with Crippen molar-refractivity contribution in [2.24, 2.45) is 16.7 Å². The summed E-state index contributed by atoms with van der Waals surface area (Å²) < 4.78 is 0. The van der Waals surface area contributed by atoms with Crippen molar-refractivity contribution in [3.8, 4) is 0 Å². The normalized spacial score (nSPS) is 20.1. The molecule has 1 aromatic heterocycles. The average Bonchev–Trinajstić information content (AvgIpc) is 2.75. The van der Waals surface area contributed by atoms with E-state index < -0.39 is 0 Å². The van der Waals surface area contributed by atoms with Gasteiger partial charge in [-0.3, -0.25) is 4.98 Å². The summed E-state index contributed by atoms with van der Waals surface area (Å²) in [5.74, 6) is 2.40. The molecule has 2 rings (SSSR count). The lowest BCUT2D eigenvalue weighted by molar-refractivity contribution is 0.457. The molecule has 0 amide bonds. The Bertz CT molecular complexity index is 426. The van der Waals surface area contributed by atoms with Gasteiger partial charge in [-0.1, -0.05) is 34.6 Å². The SMILES string of the molecule is CCCNc1cncc(NCC2C(C)(C)C2(C)C)n1. The van der Waals surface area contributed by atoms with Gasteiger partial charge in [-0.15, -0.1) is 0 Å². The number of nitrogens with zero attached hydrogens (tertiary/aromatic N) is 2. The predicted octanol–water partition coefficient (Wildman–Crippen LogP) is 3.39. The number of hydrogen-bond acceptors (Lipinski definition) is 4. The van der Waals surface area contributed by atoms with Crippen LogP contribution in [0.4, 0.5) is 11.6 Å². The Morgan fingerprint density at radius 2 is 1.63 bits per heavy atom. The van der Waals surface area contributed by atoms with Gasteiger partial charge >= 0.3 is 0 Å². The molecular weight excluding hydrogens is 236 g/mol. The molecule has 0 aliphatic heterocycles. The van der Waals surface area contributed by atoms with E-state index in [2.05, 4.69) is 55.2 Å². The van der Waals surface area contributed by atoms with Gasteiger partial charge in [0.25, 0.3) is 0 Å². The summed E-state index contributed by atoms with van der Waals surface area (Å²) in [5, 5.41) is 6.68. The molecule has 1 fully saturated rings. The van der Waals surface area contributed by atoms with E-state index in [0.29, 0.717) is 16.7 Å². The maximum atomic E-state index is 4.52. The number of rotatable bonds is 6. The van der Waals surface area contributed by atoms with Crippen LogP contribution in [0.5, 0.6) is 0 Å². The Morgan fingerprint density at radius 3 is 2.16 bits per heavy atom. The molecule has 2 N–H and O–H groups in total. The lowest BCUT2D eigenvalue weighted by Crippen LogP contribution is -2.11. The zero-order valence-electron chi connectivity index (χ0n) is 12.7. The van der Waals surface area contributed by atoms with E-state index in [-0.39, 0.29) is 0 Å². The molecule has 1 aliphatic rings. The third-order valence-electron chi connectivity index (χ3n) is 5.00. The monoisotopic (exact) mass is 262 g/mol. The summed E-state index contributed by atoms with van der Waals surface area (Å²) in [6.45, 7) is 13.4. The summed E-state index contributed by atoms with van der Waals surface area (Å²) in [6, 6.07) is 0. The lowest BCUT2D eigenvalue weighted by atomic mass is 10.0. The van der Waals surface area contributed by atoms with E-state index >= 15 is 0 Å². The van der Waals surface area contributed by atoms with Gasteiger partial charge in [0.2, 0.25) is 0 Å². The van der Waals surface area contributed by atoms with Crippen LogP contribution in [0.1, 0.15) is 41.0 Å². The maximum Gasteiger partial charge on any atom is 0.146 e. The second kappa shape index (κ2) is 4.99. The first-order chi connectivity index (χ1) is 8.89. The Balaban J connectivity index is 1.90. The first-order valence-electron chi connectivity index (χ1n) is 7.19. The molecular formula is C15H26N4. The molecule has 0 spiro atoms. The molecule has 19 heavy (non-hydrogen) atoms. The molecule has 4 nitrogen and oxygen atoms in total. The molecule has 0 atom stereocenters. The molecule has 1 heterocycles. The van der Waals surface area contributed by atoms with Crippen LogP contribution in [-0.2, 0) is 0 Å². The van der Waals surface area contributed by atoms with Gasteiger partial charge in [-0.05, 0) is 23.2 Å². The molecule has 106 valence electrons. The maximum absolute atomic E-state index is 4.52. The van der Waals surface area contributed by atoms with Crippen molar-refractivity contribution in [2.75, 3.05) is 23.7 Å². The van der Waals surface area contributed by atoms with Crippen molar-refractivity contribution in [2.45, 2.75) is 41.0 Å². The summed E-state index contributed by atoms with van der Waals surface area (Å²) >= 11 is 0. The van der Waals surface area contributed by atoms with E-state index in [4.69, 9.17) is 0 Å². The van der Waals surface area contributed by atoms with E-state index in [0.717, 1.165) is 31.1 Å². The summed E-state index contributed by atoms with van der Waals surface area (Å²) in [5.41, 5.74) is 0.816. The van der Waals surface area contributed by atoms with Crippen LogP contribution in [0.25, 0.3) is 0 Å². The molecule has 1 saturated carbocycles. The second-order valence-electron chi connectivity index (χ2n) is 6.59. The molecule has 0 radical (unpaired) electrons. The minimum absolute atomic E-state index is 0.408. The van der Waals surface area contributed by atoms with Gasteiger partial charge in [-0.25, -0.2) is 4.98 Å². The first-order valence-corrected chi connectivity index (χ1v) is 7.19. The molecule has 1 aliphatic carbocycles. The Labute approximate surface area is 116 Å². The van der Waals surface area contributed by atoms with Crippen LogP contribution < -0.4 is 10.6 Å². The molecule has 1 aromatic rings. The standard InChI is InChI=1S/C15H26N4/c1-6-7-17-12-9-16-10-13(19-12)18-8-11-14(2,3)15(11,4)5/h9-11H,6-8H2,1-5H3,(H2,17,18,19). The van der Waals surface area contributed by atoms with Gasteiger partial charge in [0.05, 0.1) is 12.4 Å². The van der Waals surface area contributed by atoms with E-state index in [9.17, 15) is 0 Å². The minimum Gasteiger partial charge on any atom is -0.369 e. The van der Waals surface area contributed by atoms with Crippen LogP contribution >= 0.6 is 0 Å². The second-order valence-corrected chi connectivity index (χ2v) is 6.59. The molecule has 4 heteroatoms. The van der Waals surface area contributed by atoms with Crippen LogP contribution in [0.3, 0.4) is 0 Å². The highest BCUT2D eigenvalue weighted by Gasteiger charge is 2.64. The van der Waals surface area contributed by atoms with E-state index in [1.165, 1.54) is 0 Å². The highest BCUT2D eigenvalue weighted by atomic mass is 15.1. The third-order valence-corrected chi connectivity index (χ3v) is 5.00. The van der Waals surface area contributed by atoms with Crippen LogP contribution in [0.2, 0.25) is 0 Å². The molecule has 0 saturated heterocycles. The summed E-state index contributed by atoms with van der Waals surface area (Å²) in [4.78, 5) is 8.74. The third kappa shape index (κ3) is 2.67. The van der Waals surface area contributed by atoms with Gasteiger partial charge in [0.15, 0.2) is 0 Å². The average molecular weight is 262 g/mol. The largest absolute Gasteiger partial charge is 0.369 e. The molecule has 0 bridgehead atoms. The van der Waals surface area contributed by atoms with Crippen LogP contribution in [-0.4, -0.2) is 23.1 Å². The summed E-state index contributed by atoms with van der Waals surface area (Å²) in [7, 11) is 0. The topological polar surface area (TPSA) is 49.8 Å². The number of nitrogens with one attached hydrogen (secondary N) is 2. The predicted molar refractivity (Wildman–Crippen MR) is 80.4 cm³/mol. The first kappa shape index (κ1) is 14.1. The van der Waals surface area contributed by atoms with Crippen molar-refractivity contribution in [3.05, 3.63) is 12.4 Å². The molecule has 0 unspecified atom stereocenters. The van der Waals surface area contributed by atoms with E-state index in [1.807, 2.05) is 0 Å². The van der Waals surface area contributed by atoms with Crippen molar-refractivity contribution in [1.29, 1.82) is 0 Å². The fraction of sp³-hybridized carbons (Fsp3) is 0.733. The number of anilines is 2. The van der Waals surface area contributed by atoms with Crippen LogP contribution in [0, 0.1) is 16.7 Å². The summed E-state index contributed by atoms with van der Waals surface area (Å²) in [6.07, 6.45) is 4.65. The number of hydrogen-bond donors (Lipinski definition) is 2. The van der Waals surface area contributed by atoms with E-state index in [1.54, 1.807) is 12.4 Å². The Hall–Kier alpha value is -1.32. The smallest absolute Gasteiger partial charge is 0.146 e. The van der Waals surface area contributed by atoms with Crippen molar-refractivity contribution in [1.82, 2.24) is 9.97 Å². The van der Waals surface area contributed by atoms with Crippen molar-refractivity contribution in [3.63, 3.8) is 0 Å².